The molecule has 2 aromatic rings. The number of aliphatic carboxylic acids is 1. The van der Waals surface area contributed by atoms with E-state index >= 15 is 0 Å². The van der Waals surface area contributed by atoms with Gasteiger partial charge in [-0.2, -0.15) is 0 Å². The third kappa shape index (κ3) is 2.68. The zero-order valence-corrected chi connectivity index (χ0v) is 15.6. The monoisotopic (exact) mass is 377 g/mol. The Morgan fingerprint density at radius 1 is 0.929 bits per heavy atom. The van der Waals surface area contributed by atoms with Crippen molar-refractivity contribution >= 4 is 12.1 Å². The summed E-state index contributed by atoms with van der Waals surface area (Å²) < 4.78 is 5.80. The number of hydrogen-bond donors (Lipinski definition) is 1. The Morgan fingerprint density at radius 3 is 2.00 bits per heavy atom. The molecule has 0 saturated carbocycles. The summed E-state index contributed by atoms with van der Waals surface area (Å²) in [6.07, 6.45) is 2.53. The summed E-state index contributed by atoms with van der Waals surface area (Å²) in [6.45, 7) is 0.311. The standard InChI is InChI=1S/C23H23NO4/c25-22(26)14-11-15-9-10-16(12-14)24(15)23(27)28-13-21-19-7-3-1-5-17(19)18-6-2-4-8-20(18)21/h1-8,14-16,21H,9-13H2,(H,25,26). The predicted molar refractivity (Wildman–Crippen MR) is 104 cm³/mol. The molecule has 2 heterocycles. The van der Waals surface area contributed by atoms with E-state index in [1.54, 1.807) is 0 Å². The van der Waals surface area contributed by atoms with E-state index in [1.807, 2.05) is 29.2 Å². The third-order valence-corrected chi connectivity index (χ3v) is 6.63. The highest BCUT2D eigenvalue weighted by molar-refractivity contribution is 5.79. The molecule has 5 heteroatoms. The van der Waals surface area contributed by atoms with Crippen molar-refractivity contribution < 1.29 is 19.4 Å². The van der Waals surface area contributed by atoms with Gasteiger partial charge in [0.25, 0.3) is 0 Å². The summed E-state index contributed by atoms with van der Waals surface area (Å²) in [5.74, 6) is -1.04. The molecule has 2 saturated heterocycles. The SMILES string of the molecule is O=C(O)C1CC2CCC(C1)N2C(=O)OCC1c2ccccc2-c2ccccc21. The van der Waals surface area contributed by atoms with Crippen molar-refractivity contribution in [3.63, 3.8) is 0 Å². The summed E-state index contributed by atoms with van der Waals surface area (Å²) >= 11 is 0. The Kier molecular flexibility index (Phi) is 4.11. The van der Waals surface area contributed by atoms with E-state index in [0.29, 0.717) is 19.4 Å². The van der Waals surface area contributed by atoms with Crippen LogP contribution in [0.5, 0.6) is 0 Å². The molecular formula is C23H23NO4. The van der Waals surface area contributed by atoms with E-state index in [1.165, 1.54) is 22.3 Å². The van der Waals surface area contributed by atoms with Crippen LogP contribution in [0.3, 0.4) is 0 Å². The number of ether oxygens (including phenoxy) is 1. The molecule has 0 aromatic heterocycles. The number of fused-ring (bicyclic) bond motifs is 5. The molecule has 2 bridgehead atoms. The van der Waals surface area contributed by atoms with Crippen LogP contribution < -0.4 is 0 Å². The maximum Gasteiger partial charge on any atom is 0.410 e. The van der Waals surface area contributed by atoms with Crippen molar-refractivity contribution in [2.45, 2.75) is 43.7 Å². The average molecular weight is 377 g/mol. The zero-order chi connectivity index (χ0) is 19.3. The maximum atomic E-state index is 12.9. The molecule has 2 aliphatic heterocycles. The first-order valence-corrected chi connectivity index (χ1v) is 9.99. The van der Waals surface area contributed by atoms with Crippen LogP contribution in [0.2, 0.25) is 0 Å². The fourth-order valence-electron chi connectivity index (χ4n) is 5.35. The van der Waals surface area contributed by atoms with E-state index in [-0.39, 0.29) is 30.0 Å². The summed E-state index contributed by atoms with van der Waals surface area (Å²) in [5, 5.41) is 9.32. The molecule has 2 unspecified atom stereocenters. The van der Waals surface area contributed by atoms with Crippen LogP contribution in [-0.4, -0.2) is 40.8 Å². The molecule has 1 N–H and O–H groups in total. The molecule has 1 aliphatic carbocycles. The lowest BCUT2D eigenvalue weighted by atomic mass is 9.91. The van der Waals surface area contributed by atoms with Gasteiger partial charge in [0, 0.05) is 18.0 Å². The number of nitrogens with zero attached hydrogens (tertiary/aromatic N) is 1. The Bertz CT molecular complexity index is 880. The molecule has 5 nitrogen and oxygen atoms in total. The average Bonchev–Trinajstić information content (AvgIpc) is 3.17. The molecule has 1 amide bonds. The van der Waals surface area contributed by atoms with Crippen LogP contribution in [-0.2, 0) is 9.53 Å². The fourth-order valence-corrected chi connectivity index (χ4v) is 5.35. The molecule has 0 spiro atoms. The Hall–Kier alpha value is -2.82. The molecule has 2 atom stereocenters. The van der Waals surface area contributed by atoms with Gasteiger partial charge in [-0.3, -0.25) is 4.79 Å². The van der Waals surface area contributed by atoms with Crippen molar-refractivity contribution in [3.8, 4) is 11.1 Å². The quantitative estimate of drug-likeness (QED) is 0.868. The molecule has 5 rings (SSSR count). The number of carboxylic acids is 1. The number of carbonyl (C=O) groups is 2. The highest BCUT2D eigenvalue weighted by Crippen LogP contribution is 2.45. The van der Waals surface area contributed by atoms with Crippen LogP contribution >= 0.6 is 0 Å². The Balaban J connectivity index is 1.32. The Morgan fingerprint density at radius 2 is 1.46 bits per heavy atom. The van der Waals surface area contributed by atoms with E-state index in [0.717, 1.165) is 12.8 Å². The van der Waals surface area contributed by atoms with Crippen molar-refractivity contribution in [3.05, 3.63) is 59.7 Å². The van der Waals surface area contributed by atoms with Crippen molar-refractivity contribution in [2.75, 3.05) is 6.61 Å². The van der Waals surface area contributed by atoms with Gasteiger partial charge in [0.05, 0.1) is 5.92 Å². The van der Waals surface area contributed by atoms with Crippen LogP contribution in [0.25, 0.3) is 11.1 Å². The van der Waals surface area contributed by atoms with Gasteiger partial charge >= 0.3 is 12.1 Å². The molecule has 2 aromatic carbocycles. The first kappa shape index (κ1) is 17.3. The number of piperidine rings is 1. The second-order valence-electron chi connectivity index (χ2n) is 8.10. The van der Waals surface area contributed by atoms with Crippen molar-refractivity contribution in [2.24, 2.45) is 5.92 Å². The van der Waals surface area contributed by atoms with E-state index in [2.05, 4.69) is 24.3 Å². The second-order valence-corrected chi connectivity index (χ2v) is 8.10. The topological polar surface area (TPSA) is 66.8 Å². The lowest BCUT2D eigenvalue weighted by molar-refractivity contribution is -0.144. The third-order valence-electron chi connectivity index (χ3n) is 6.63. The number of carbonyl (C=O) groups excluding carboxylic acids is 1. The highest BCUT2D eigenvalue weighted by Gasteiger charge is 2.46. The molecule has 3 aliphatic rings. The lowest BCUT2D eigenvalue weighted by Gasteiger charge is -2.36. The summed E-state index contributed by atoms with van der Waals surface area (Å²) in [6, 6.07) is 16.6. The molecule has 0 radical (unpaired) electrons. The van der Waals surface area contributed by atoms with Crippen LogP contribution in [0.4, 0.5) is 4.79 Å². The van der Waals surface area contributed by atoms with Gasteiger partial charge in [-0.1, -0.05) is 48.5 Å². The molecule has 28 heavy (non-hydrogen) atoms. The van der Waals surface area contributed by atoms with Crippen LogP contribution in [0, 0.1) is 5.92 Å². The molecular weight excluding hydrogens is 354 g/mol. The number of amides is 1. The number of hydrogen-bond acceptors (Lipinski definition) is 3. The highest BCUT2D eigenvalue weighted by atomic mass is 16.6. The minimum Gasteiger partial charge on any atom is -0.481 e. The Labute approximate surface area is 163 Å². The van der Waals surface area contributed by atoms with Gasteiger partial charge < -0.3 is 14.7 Å². The van der Waals surface area contributed by atoms with E-state index < -0.39 is 5.97 Å². The largest absolute Gasteiger partial charge is 0.481 e. The van der Waals surface area contributed by atoms with Crippen LogP contribution in [0.15, 0.2) is 48.5 Å². The minimum absolute atomic E-state index is 0.00417. The number of rotatable bonds is 3. The number of carboxylic acid groups (broad SMARTS) is 1. The first-order chi connectivity index (χ1) is 13.6. The summed E-state index contributed by atoms with van der Waals surface area (Å²) in [7, 11) is 0. The minimum atomic E-state index is -0.746. The van der Waals surface area contributed by atoms with Gasteiger partial charge in [-0.25, -0.2) is 4.79 Å². The van der Waals surface area contributed by atoms with E-state index in [4.69, 9.17) is 4.74 Å². The van der Waals surface area contributed by atoms with Gasteiger partial charge in [0.1, 0.15) is 6.61 Å². The smallest absolute Gasteiger partial charge is 0.410 e. The first-order valence-electron chi connectivity index (χ1n) is 9.99. The van der Waals surface area contributed by atoms with Gasteiger partial charge in [0.2, 0.25) is 0 Å². The predicted octanol–water partition coefficient (Wildman–Crippen LogP) is 4.26. The van der Waals surface area contributed by atoms with Gasteiger partial charge in [-0.15, -0.1) is 0 Å². The normalized spacial score (nSPS) is 25.3. The zero-order valence-electron chi connectivity index (χ0n) is 15.6. The lowest BCUT2D eigenvalue weighted by Crippen LogP contribution is -2.48. The van der Waals surface area contributed by atoms with Gasteiger partial charge in [0.15, 0.2) is 0 Å². The molecule has 2 fully saturated rings. The number of benzene rings is 2. The second kappa shape index (κ2) is 6.66. The fraction of sp³-hybridized carbons (Fsp3) is 0.391. The summed E-state index contributed by atoms with van der Waals surface area (Å²) in [4.78, 5) is 26.0. The van der Waals surface area contributed by atoms with Crippen molar-refractivity contribution in [1.29, 1.82) is 0 Å². The molecule has 144 valence electrons. The van der Waals surface area contributed by atoms with Crippen molar-refractivity contribution in [1.82, 2.24) is 4.90 Å². The van der Waals surface area contributed by atoms with E-state index in [9.17, 15) is 14.7 Å². The van der Waals surface area contributed by atoms with Crippen LogP contribution in [0.1, 0.15) is 42.7 Å². The van der Waals surface area contributed by atoms with Gasteiger partial charge in [-0.05, 0) is 47.9 Å². The summed E-state index contributed by atoms with van der Waals surface area (Å²) in [5.41, 5.74) is 4.82. The maximum absolute atomic E-state index is 12.9.